The first-order valence-corrected chi connectivity index (χ1v) is 6.71. The van der Waals surface area contributed by atoms with E-state index in [-0.39, 0.29) is 5.91 Å². The third-order valence-electron chi connectivity index (χ3n) is 1.73. The van der Waals surface area contributed by atoms with Gasteiger partial charge < -0.3 is 5.32 Å². The van der Waals surface area contributed by atoms with E-state index in [9.17, 15) is 4.79 Å². The number of nitrogens with one attached hydrogen (secondary N) is 1. The summed E-state index contributed by atoms with van der Waals surface area (Å²) in [7, 11) is 0. The first-order chi connectivity index (χ1) is 7.27. The van der Waals surface area contributed by atoms with Crippen LogP contribution >= 0.6 is 38.6 Å². The van der Waals surface area contributed by atoms with Gasteiger partial charge in [-0.3, -0.25) is 9.78 Å². The Kier molecular flexibility index (Phi) is 3.50. The van der Waals surface area contributed by atoms with E-state index in [0.717, 1.165) is 9.35 Å². The van der Waals surface area contributed by atoms with Crippen LogP contribution in [0.1, 0.15) is 14.5 Å². The second-order valence-electron chi connectivity index (χ2n) is 2.75. The highest BCUT2D eigenvalue weighted by Crippen LogP contribution is 2.22. The fourth-order valence-corrected chi connectivity index (χ4v) is 3.03. The number of thiophene rings is 1. The SMILES string of the molecule is O=C(NCc1cncs1)c1sccc1Br. The molecule has 15 heavy (non-hydrogen) atoms. The van der Waals surface area contributed by atoms with E-state index < -0.39 is 0 Å². The van der Waals surface area contributed by atoms with Crippen LogP contribution in [0.15, 0.2) is 27.6 Å². The van der Waals surface area contributed by atoms with Gasteiger partial charge in [-0.05, 0) is 27.4 Å². The zero-order valence-corrected chi connectivity index (χ0v) is 10.8. The Labute approximate surface area is 103 Å². The number of nitrogens with zero attached hydrogens (tertiary/aromatic N) is 1. The largest absolute Gasteiger partial charge is 0.346 e. The quantitative estimate of drug-likeness (QED) is 0.947. The summed E-state index contributed by atoms with van der Waals surface area (Å²) in [4.78, 5) is 17.4. The molecule has 0 aliphatic rings. The molecule has 1 amide bonds. The number of amides is 1. The molecule has 2 aromatic rings. The van der Waals surface area contributed by atoms with Crippen molar-refractivity contribution in [2.75, 3.05) is 0 Å². The van der Waals surface area contributed by atoms with Gasteiger partial charge in [0.2, 0.25) is 0 Å². The second kappa shape index (κ2) is 4.87. The normalized spacial score (nSPS) is 10.2. The third kappa shape index (κ3) is 2.64. The zero-order valence-electron chi connectivity index (χ0n) is 7.57. The fourth-order valence-electron chi connectivity index (χ4n) is 1.03. The Morgan fingerprint density at radius 2 is 2.40 bits per heavy atom. The minimum absolute atomic E-state index is 0.0507. The summed E-state index contributed by atoms with van der Waals surface area (Å²) in [6, 6.07) is 1.87. The molecule has 0 unspecified atom stereocenters. The van der Waals surface area contributed by atoms with E-state index in [1.54, 1.807) is 11.7 Å². The Hall–Kier alpha value is -0.720. The highest BCUT2D eigenvalue weighted by molar-refractivity contribution is 9.10. The molecule has 0 radical (unpaired) electrons. The van der Waals surface area contributed by atoms with Crippen LogP contribution in [0.3, 0.4) is 0 Å². The average molecular weight is 303 g/mol. The molecule has 0 fully saturated rings. The molecule has 1 N–H and O–H groups in total. The van der Waals surface area contributed by atoms with Crippen molar-refractivity contribution in [2.24, 2.45) is 0 Å². The average Bonchev–Trinajstić information content (AvgIpc) is 2.84. The fraction of sp³-hybridized carbons (Fsp3) is 0.111. The summed E-state index contributed by atoms with van der Waals surface area (Å²) in [6.07, 6.45) is 1.76. The van der Waals surface area contributed by atoms with Crippen LogP contribution in [0.2, 0.25) is 0 Å². The maximum Gasteiger partial charge on any atom is 0.262 e. The lowest BCUT2D eigenvalue weighted by molar-refractivity contribution is 0.0954. The molecular formula is C9H7BrN2OS2. The maximum atomic E-state index is 11.7. The molecule has 0 aromatic carbocycles. The van der Waals surface area contributed by atoms with Crippen LogP contribution in [-0.2, 0) is 6.54 Å². The first-order valence-electron chi connectivity index (χ1n) is 4.16. The van der Waals surface area contributed by atoms with Gasteiger partial charge in [-0.25, -0.2) is 0 Å². The van der Waals surface area contributed by atoms with Crippen LogP contribution in [-0.4, -0.2) is 10.9 Å². The maximum absolute atomic E-state index is 11.7. The smallest absolute Gasteiger partial charge is 0.262 e. The highest BCUT2D eigenvalue weighted by atomic mass is 79.9. The number of carbonyl (C=O) groups excluding carboxylic acids is 1. The lowest BCUT2D eigenvalue weighted by Crippen LogP contribution is -2.21. The number of carbonyl (C=O) groups is 1. The van der Waals surface area contributed by atoms with Crippen molar-refractivity contribution in [1.29, 1.82) is 0 Å². The molecular weight excluding hydrogens is 296 g/mol. The molecule has 0 saturated heterocycles. The van der Waals surface area contributed by atoms with Crippen molar-refractivity contribution in [3.63, 3.8) is 0 Å². The number of halogens is 1. The van der Waals surface area contributed by atoms with Crippen LogP contribution in [0.25, 0.3) is 0 Å². The summed E-state index contributed by atoms with van der Waals surface area (Å²) >= 11 is 6.28. The molecule has 0 spiro atoms. The molecule has 2 heterocycles. The van der Waals surface area contributed by atoms with Crippen LogP contribution in [0.5, 0.6) is 0 Å². The van der Waals surface area contributed by atoms with Gasteiger partial charge in [-0.1, -0.05) is 0 Å². The summed E-state index contributed by atoms with van der Waals surface area (Å²) in [5.41, 5.74) is 1.75. The lowest BCUT2D eigenvalue weighted by atomic mass is 10.4. The van der Waals surface area contributed by atoms with Gasteiger partial charge in [0.1, 0.15) is 4.88 Å². The predicted molar refractivity (Wildman–Crippen MR) is 65.3 cm³/mol. The molecule has 2 rings (SSSR count). The van der Waals surface area contributed by atoms with E-state index in [4.69, 9.17) is 0 Å². The van der Waals surface area contributed by atoms with E-state index in [0.29, 0.717) is 11.4 Å². The number of thiazole rings is 1. The van der Waals surface area contributed by atoms with E-state index in [1.807, 2.05) is 11.4 Å². The number of aromatic nitrogens is 1. The first kappa shape index (κ1) is 10.8. The van der Waals surface area contributed by atoms with Gasteiger partial charge in [-0.15, -0.1) is 22.7 Å². The predicted octanol–water partition coefficient (Wildman–Crippen LogP) is 2.90. The highest BCUT2D eigenvalue weighted by Gasteiger charge is 2.10. The molecule has 78 valence electrons. The van der Waals surface area contributed by atoms with Crippen molar-refractivity contribution in [2.45, 2.75) is 6.54 Å². The molecule has 0 aliphatic heterocycles. The molecule has 3 nitrogen and oxygen atoms in total. The number of hydrogen-bond donors (Lipinski definition) is 1. The topological polar surface area (TPSA) is 42.0 Å². The zero-order chi connectivity index (χ0) is 10.7. The van der Waals surface area contributed by atoms with Crippen LogP contribution < -0.4 is 5.32 Å². The summed E-state index contributed by atoms with van der Waals surface area (Å²) < 4.78 is 0.842. The van der Waals surface area contributed by atoms with Gasteiger partial charge in [-0.2, -0.15) is 0 Å². The van der Waals surface area contributed by atoms with Crippen molar-refractivity contribution in [3.8, 4) is 0 Å². The molecule has 2 aromatic heterocycles. The van der Waals surface area contributed by atoms with Crippen molar-refractivity contribution in [3.05, 3.63) is 37.4 Å². The van der Waals surface area contributed by atoms with Gasteiger partial charge >= 0.3 is 0 Å². The Morgan fingerprint density at radius 1 is 1.53 bits per heavy atom. The van der Waals surface area contributed by atoms with E-state index >= 15 is 0 Å². The van der Waals surface area contributed by atoms with Gasteiger partial charge in [0.15, 0.2) is 0 Å². The van der Waals surface area contributed by atoms with Crippen molar-refractivity contribution in [1.82, 2.24) is 10.3 Å². The van der Waals surface area contributed by atoms with Crippen LogP contribution in [0, 0.1) is 0 Å². The van der Waals surface area contributed by atoms with Gasteiger partial charge in [0.25, 0.3) is 5.91 Å². The Balaban J connectivity index is 1.96. The van der Waals surface area contributed by atoms with Gasteiger partial charge in [0.05, 0.1) is 12.1 Å². The molecule has 6 heteroatoms. The third-order valence-corrected chi connectivity index (χ3v) is 4.35. The number of hydrogen-bond acceptors (Lipinski definition) is 4. The minimum atomic E-state index is -0.0507. The van der Waals surface area contributed by atoms with Crippen molar-refractivity contribution >= 4 is 44.5 Å². The standard InChI is InChI=1S/C9H7BrN2OS2/c10-7-1-2-14-8(7)9(13)12-4-6-3-11-5-15-6/h1-3,5H,4H2,(H,12,13). The Morgan fingerprint density at radius 3 is 3.00 bits per heavy atom. The Bertz CT molecular complexity index is 452. The lowest BCUT2D eigenvalue weighted by Gasteiger charge is -2.01. The minimum Gasteiger partial charge on any atom is -0.346 e. The molecule has 0 saturated carbocycles. The van der Waals surface area contributed by atoms with Crippen molar-refractivity contribution < 1.29 is 4.79 Å². The van der Waals surface area contributed by atoms with E-state index in [1.165, 1.54) is 22.7 Å². The summed E-state index contributed by atoms with van der Waals surface area (Å²) in [5.74, 6) is -0.0507. The second-order valence-corrected chi connectivity index (χ2v) is 5.49. The van der Waals surface area contributed by atoms with E-state index in [2.05, 4.69) is 26.2 Å². The molecule has 0 atom stereocenters. The monoisotopic (exact) mass is 302 g/mol. The van der Waals surface area contributed by atoms with Crippen LogP contribution in [0.4, 0.5) is 0 Å². The molecule has 0 aliphatic carbocycles. The number of rotatable bonds is 3. The summed E-state index contributed by atoms with van der Waals surface area (Å²) in [6.45, 7) is 0.536. The summed E-state index contributed by atoms with van der Waals surface area (Å²) in [5, 5.41) is 4.72. The molecule has 0 bridgehead atoms. The van der Waals surface area contributed by atoms with Gasteiger partial charge in [0, 0.05) is 15.5 Å².